The molecule has 2 aromatic rings. The summed E-state index contributed by atoms with van der Waals surface area (Å²) >= 11 is 0. The minimum Gasteiger partial charge on any atom is -0.506 e. The van der Waals surface area contributed by atoms with E-state index in [1.807, 2.05) is 0 Å². The summed E-state index contributed by atoms with van der Waals surface area (Å²) in [6.45, 7) is 1.48. The summed E-state index contributed by atoms with van der Waals surface area (Å²) in [5.41, 5.74) is 0.898. The summed E-state index contributed by atoms with van der Waals surface area (Å²) < 4.78 is 0. The Bertz CT molecular complexity index is 411. The second-order valence-electron chi connectivity index (χ2n) is 3.37. The van der Waals surface area contributed by atoms with Gasteiger partial charge in [0, 0.05) is 19.5 Å². The van der Waals surface area contributed by atoms with Crippen molar-refractivity contribution in [3.8, 4) is 5.75 Å². The Hall–Kier alpha value is -1.95. The lowest BCUT2D eigenvalue weighted by Gasteiger charge is -2.02. The standard InChI is InChI=1S/C10H13N5O/c16-9-2-1-8(12-6-9)5-11-4-3-10-13-7-14-15-10/h1-2,6-7,11,16H,3-5H2,(H,13,14,15). The number of aromatic nitrogens is 4. The number of nitrogens with one attached hydrogen (secondary N) is 2. The lowest BCUT2D eigenvalue weighted by atomic mass is 10.3. The molecule has 0 aliphatic rings. The molecular formula is C10H13N5O. The number of hydrogen-bond donors (Lipinski definition) is 3. The minimum absolute atomic E-state index is 0.186. The third kappa shape index (κ3) is 3.03. The molecular weight excluding hydrogens is 206 g/mol. The van der Waals surface area contributed by atoms with Crippen LogP contribution in [-0.4, -0.2) is 31.8 Å². The molecule has 0 amide bonds. The van der Waals surface area contributed by atoms with Gasteiger partial charge in [-0.3, -0.25) is 10.1 Å². The van der Waals surface area contributed by atoms with Crippen LogP contribution in [0.2, 0.25) is 0 Å². The van der Waals surface area contributed by atoms with E-state index in [1.165, 1.54) is 12.5 Å². The number of aromatic amines is 1. The van der Waals surface area contributed by atoms with Crippen molar-refractivity contribution < 1.29 is 5.11 Å². The average Bonchev–Trinajstić information content (AvgIpc) is 2.80. The molecule has 0 unspecified atom stereocenters. The largest absolute Gasteiger partial charge is 0.506 e. The Labute approximate surface area is 92.8 Å². The number of nitrogens with zero attached hydrogens (tertiary/aromatic N) is 3. The zero-order valence-corrected chi connectivity index (χ0v) is 8.72. The van der Waals surface area contributed by atoms with Crippen LogP contribution in [0.25, 0.3) is 0 Å². The van der Waals surface area contributed by atoms with Gasteiger partial charge in [-0.15, -0.1) is 0 Å². The number of aromatic hydroxyl groups is 1. The molecule has 0 radical (unpaired) electrons. The third-order valence-electron chi connectivity index (χ3n) is 2.12. The van der Waals surface area contributed by atoms with E-state index >= 15 is 0 Å². The number of rotatable bonds is 5. The SMILES string of the molecule is Oc1ccc(CNCCc2ncn[nH]2)nc1. The monoisotopic (exact) mass is 219 g/mol. The van der Waals surface area contributed by atoms with Crippen LogP contribution in [0.3, 0.4) is 0 Å². The second kappa shape index (κ2) is 5.22. The smallest absolute Gasteiger partial charge is 0.137 e. The molecule has 6 nitrogen and oxygen atoms in total. The van der Waals surface area contributed by atoms with Gasteiger partial charge in [-0.2, -0.15) is 5.10 Å². The first kappa shape index (κ1) is 10.6. The van der Waals surface area contributed by atoms with Crippen LogP contribution in [-0.2, 0) is 13.0 Å². The van der Waals surface area contributed by atoms with Crippen molar-refractivity contribution in [1.29, 1.82) is 0 Å². The molecule has 2 rings (SSSR count). The van der Waals surface area contributed by atoms with Crippen LogP contribution in [0.1, 0.15) is 11.5 Å². The first-order chi connectivity index (χ1) is 7.84. The Morgan fingerprint density at radius 2 is 2.25 bits per heavy atom. The molecule has 0 aliphatic carbocycles. The molecule has 3 N–H and O–H groups in total. The van der Waals surface area contributed by atoms with Crippen molar-refractivity contribution in [1.82, 2.24) is 25.5 Å². The Morgan fingerprint density at radius 1 is 1.31 bits per heavy atom. The van der Waals surface area contributed by atoms with Gasteiger partial charge in [-0.05, 0) is 12.1 Å². The molecule has 0 spiro atoms. The lowest BCUT2D eigenvalue weighted by molar-refractivity contribution is 0.471. The average molecular weight is 219 g/mol. The molecule has 0 fully saturated rings. The zero-order chi connectivity index (χ0) is 11.2. The van der Waals surface area contributed by atoms with Gasteiger partial charge < -0.3 is 10.4 Å². The van der Waals surface area contributed by atoms with Crippen molar-refractivity contribution in [3.63, 3.8) is 0 Å². The van der Waals surface area contributed by atoms with Gasteiger partial charge >= 0.3 is 0 Å². The van der Waals surface area contributed by atoms with Crippen molar-refractivity contribution in [2.45, 2.75) is 13.0 Å². The summed E-state index contributed by atoms with van der Waals surface area (Å²) in [7, 11) is 0. The summed E-state index contributed by atoms with van der Waals surface area (Å²) in [5, 5.41) is 18.8. The van der Waals surface area contributed by atoms with E-state index in [4.69, 9.17) is 5.11 Å². The summed E-state index contributed by atoms with van der Waals surface area (Å²) in [4.78, 5) is 8.08. The Kier molecular flexibility index (Phi) is 3.45. The van der Waals surface area contributed by atoms with Crippen LogP contribution in [0.4, 0.5) is 0 Å². The van der Waals surface area contributed by atoms with Crippen LogP contribution < -0.4 is 5.32 Å². The fourth-order valence-corrected chi connectivity index (χ4v) is 1.30. The summed E-state index contributed by atoms with van der Waals surface area (Å²) in [6, 6.07) is 3.41. The lowest BCUT2D eigenvalue weighted by Crippen LogP contribution is -2.17. The molecule has 16 heavy (non-hydrogen) atoms. The van der Waals surface area contributed by atoms with Gasteiger partial charge in [0.1, 0.15) is 17.9 Å². The van der Waals surface area contributed by atoms with E-state index < -0.39 is 0 Å². The van der Waals surface area contributed by atoms with E-state index in [0.29, 0.717) is 6.54 Å². The number of pyridine rings is 1. The van der Waals surface area contributed by atoms with E-state index in [0.717, 1.165) is 24.5 Å². The van der Waals surface area contributed by atoms with Gasteiger partial charge in [-0.25, -0.2) is 4.98 Å². The molecule has 2 heterocycles. The zero-order valence-electron chi connectivity index (χ0n) is 8.72. The topological polar surface area (TPSA) is 86.7 Å². The van der Waals surface area contributed by atoms with Gasteiger partial charge in [0.05, 0.1) is 11.9 Å². The fraction of sp³-hybridized carbons (Fsp3) is 0.300. The van der Waals surface area contributed by atoms with Gasteiger partial charge in [0.15, 0.2) is 0 Å². The maximum Gasteiger partial charge on any atom is 0.137 e. The highest BCUT2D eigenvalue weighted by molar-refractivity contribution is 5.17. The maximum absolute atomic E-state index is 9.05. The first-order valence-corrected chi connectivity index (χ1v) is 5.03. The van der Waals surface area contributed by atoms with Crippen molar-refractivity contribution in [2.24, 2.45) is 0 Å². The maximum atomic E-state index is 9.05. The van der Waals surface area contributed by atoms with Crippen LogP contribution in [0, 0.1) is 0 Å². The summed E-state index contributed by atoms with van der Waals surface area (Å²) in [5.74, 6) is 1.05. The first-order valence-electron chi connectivity index (χ1n) is 5.03. The normalized spacial score (nSPS) is 10.5. The van der Waals surface area contributed by atoms with Crippen molar-refractivity contribution in [3.05, 3.63) is 36.2 Å². The molecule has 0 aromatic carbocycles. The van der Waals surface area contributed by atoms with Crippen LogP contribution >= 0.6 is 0 Å². The highest BCUT2D eigenvalue weighted by atomic mass is 16.3. The molecule has 84 valence electrons. The van der Waals surface area contributed by atoms with Gasteiger partial charge in [0.2, 0.25) is 0 Å². The van der Waals surface area contributed by atoms with Gasteiger partial charge in [0.25, 0.3) is 0 Å². The second-order valence-corrected chi connectivity index (χ2v) is 3.37. The van der Waals surface area contributed by atoms with Crippen LogP contribution in [0.15, 0.2) is 24.7 Å². The van der Waals surface area contributed by atoms with Crippen LogP contribution in [0.5, 0.6) is 5.75 Å². The third-order valence-corrected chi connectivity index (χ3v) is 2.12. The van der Waals surface area contributed by atoms with Crippen molar-refractivity contribution >= 4 is 0 Å². The Balaban J connectivity index is 1.70. The number of H-pyrrole nitrogens is 1. The fourth-order valence-electron chi connectivity index (χ4n) is 1.30. The molecule has 0 saturated heterocycles. The van der Waals surface area contributed by atoms with E-state index in [1.54, 1.807) is 12.1 Å². The van der Waals surface area contributed by atoms with Crippen molar-refractivity contribution in [2.75, 3.05) is 6.54 Å². The van der Waals surface area contributed by atoms with E-state index in [9.17, 15) is 0 Å². The highest BCUT2D eigenvalue weighted by Gasteiger charge is 1.97. The molecule has 6 heteroatoms. The molecule has 0 atom stereocenters. The predicted octanol–water partition coefficient (Wildman–Crippen LogP) is 0.238. The van der Waals surface area contributed by atoms with Gasteiger partial charge in [-0.1, -0.05) is 0 Å². The number of hydrogen-bond acceptors (Lipinski definition) is 5. The predicted molar refractivity (Wildman–Crippen MR) is 57.7 cm³/mol. The molecule has 2 aromatic heterocycles. The molecule has 0 bridgehead atoms. The molecule has 0 saturated carbocycles. The molecule has 0 aliphatic heterocycles. The van der Waals surface area contributed by atoms with E-state index in [2.05, 4.69) is 25.5 Å². The quantitative estimate of drug-likeness (QED) is 0.627. The minimum atomic E-state index is 0.186. The Morgan fingerprint density at radius 3 is 2.94 bits per heavy atom. The highest BCUT2D eigenvalue weighted by Crippen LogP contribution is 2.05. The van der Waals surface area contributed by atoms with E-state index in [-0.39, 0.29) is 5.75 Å². The summed E-state index contributed by atoms with van der Waals surface area (Å²) in [6.07, 6.45) is 3.74.